The highest BCUT2D eigenvalue weighted by Gasteiger charge is 2.46. The summed E-state index contributed by atoms with van der Waals surface area (Å²) in [5.74, 6) is 0.235. The summed E-state index contributed by atoms with van der Waals surface area (Å²) in [5.41, 5.74) is 2.98. The summed E-state index contributed by atoms with van der Waals surface area (Å²) >= 11 is 0. The maximum atomic E-state index is 11.9. The maximum absolute atomic E-state index is 11.9. The van der Waals surface area contributed by atoms with Gasteiger partial charge in [-0.25, -0.2) is 0 Å². The first-order valence-electron chi connectivity index (χ1n) is 7.18. The van der Waals surface area contributed by atoms with Crippen molar-refractivity contribution in [2.75, 3.05) is 7.05 Å². The molecule has 3 rings (SSSR count). The molecule has 1 fully saturated rings. The van der Waals surface area contributed by atoms with Crippen LogP contribution in [0.3, 0.4) is 0 Å². The Morgan fingerprint density at radius 2 is 2.10 bits per heavy atom. The van der Waals surface area contributed by atoms with Crippen LogP contribution in [0.2, 0.25) is 0 Å². The summed E-state index contributed by atoms with van der Waals surface area (Å²) in [6, 6.07) is 5.95. The Hall–Kier alpha value is -1.33. The Balaban J connectivity index is 2.04. The average molecular weight is 273 g/mol. The van der Waals surface area contributed by atoms with Gasteiger partial charge in [0.15, 0.2) is 0 Å². The number of carbonyl (C=O) groups excluding carboxylic acids is 1. The molecule has 20 heavy (non-hydrogen) atoms. The molecule has 0 bridgehead atoms. The van der Waals surface area contributed by atoms with Crippen LogP contribution >= 0.6 is 0 Å². The molecule has 106 valence electrons. The molecule has 4 nitrogen and oxygen atoms in total. The number of likely N-dealkylation sites (tertiary alicyclic amines) is 1. The molecule has 1 aromatic rings. The summed E-state index contributed by atoms with van der Waals surface area (Å²) in [5, 5.41) is 18.6. The van der Waals surface area contributed by atoms with Gasteiger partial charge in [-0.1, -0.05) is 25.1 Å². The highest BCUT2D eigenvalue weighted by molar-refractivity contribution is 6.58. The molecule has 0 unspecified atom stereocenters. The van der Waals surface area contributed by atoms with Gasteiger partial charge < -0.3 is 14.9 Å². The SMILES string of the molecule is CN1C(=O)CC[C@]2(C)c3ccc(B(O)O)cc3CC[C@@H]12. The van der Waals surface area contributed by atoms with Gasteiger partial charge in [0.05, 0.1) is 0 Å². The molecule has 1 aliphatic heterocycles. The van der Waals surface area contributed by atoms with Gasteiger partial charge in [-0.2, -0.15) is 0 Å². The fraction of sp³-hybridized carbons (Fsp3) is 0.533. The van der Waals surface area contributed by atoms with Crippen molar-refractivity contribution in [1.82, 2.24) is 4.90 Å². The second-order valence-electron chi connectivity index (χ2n) is 6.27. The highest BCUT2D eigenvalue weighted by Crippen LogP contribution is 2.45. The molecule has 0 radical (unpaired) electrons. The zero-order valence-corrected chi connectivity index (χ0v) is 12.0. The van der Waals surface area contributed by atoms with Crippen LogP contribution in [0.4, 0.5) is 0 Å². The molecule has 1 aromatic carbocycles. The van der Waals surface area contributed by atoms with E-state index in [2.05, 4.69) is 6.92 Å². The normalized spacial score (nSPS) is 28.9. The molecule has 0 spiro atoms. The topological polar surface area (TPSA) is 60.8 Å². The molecule has 1 aliphatic carbocycles. The second-order valence-corrected chi connectivity index (χ2v) is 6.27. The molecular formula is C15H20BNO3. The van der Waals surface area contributed by atoms with Gasteiger partial charge in [0, 0.05) is 24.9 Å². The van der Waals surface area contributed by atoms with Crippen molar-refractivity contribution in [2.45, 2.75) is 44.1 Å². The molecule has 1 amide bonds. The van der Waals surface area contributed by atoms with E-state index in [4.69, 9.17) is 0 Å². The molecule has 1 saturated heterocycles. The lowest BCUT2D eigenvalue weighted by atomic mass is 9.62. The van der Waals surface area contributed by atoms with Gasteiger partial charge in [-0.3, -0.25) is 4.79 Å². The number of hydrogen-bond acceptors (Lipinski definition) is 3. The molecular weight excluding hydrogens is 253 g/mol. The standard InChI is InChI=1S/C15H20BNO3/c1-15-8-7-14(18)17(2)13(15)6-3-10-9-11(16(19)20)4-5-12(10)15/h4-5,9,13,19-20H,3,6-8H2,1-2H3/t13-,15-/m1/s1. The molecule has 1 heterocycles. The summed E-state index contributed by atoms with van der Waals surface area (Å²) in [6.45, 7) is 2.23. The number of nitrogens with zero attached hydrogens (tertiary/aromatic N) is 1. The van der Waals surface area contributed by atoms with Crippen LogP contribution in [0.1, 0.15) is 37.3 Å². The number of benzene rings is 1. The van der Waals surface area contributed by atoms with E-state index in [9.17, 15) is 14.8 Å². The lowest BCUT2D eigenvalue weighted by Gasteiger charge is -2.50. The van der Waals surface area contributed by atoms with Gasteiger partial charge >= 0.3 is 7.12 Å². The molecule has 0 saturated carbocycles. The van der Waals surface area contributed by atoms with Gasteiger partial charge in [0.25, 0.3) is 0 Å². The van der Waals surface area contributed by atoms with Crippen molar-refractivity contribution < 1.29 is 14.8 Å². The highest BCUT2D eigenvalue weighted by atomic mass is 16.4. The first-order valence-corrected chi connectivity index (χ1v) is 7.18. The van der Waals surface area contributed by atoms with Crippen LogP contribution in [0.5, 0.6) is 0 Å². The van der Waals surface area contributed by atoms with Gasteiger partial charge in [0.1, 0.15) is 0 Å². The Labute approximate surface area is 119 Å². The molecule has 2 aliphatic rings. The van der Waals surface area contributed by atoms with Crippen LogP contribution < -0.4 is 5.46 Å². The van der Waals surface area contributed by atoms with E-state index >= 15 is 0 Å². The lowest BCUT2D eigenvalue weighted by Crippen LogP contribution is -2.56. The van der Waals surface area contributed by atoms with E-state index < -0.39 is 7.12 Å². The quantitative estimate of drug-likeness (QED) is 0.718. The second kappa shape index (κ2) is 4.60. The molecule has 2 N–H and O–H groups in total. The number of fused-ring (bicyclic) bond motifs is 3. The Kier molecular flexibility index (Phi) is 3.14. The third kappa shape index (κ3) is 1.88. The molecule has 2 atom stereocenters. The van der Waals surface area contributed by atoms with E-state index in [0.29, 0.717) is 11.9 Å². The molecule has 0 aromatic heterocycles. The predicted octanol–water partition coefficient (Wildman–Crippen LogP) is 0.191. The zero-order chi connectivity index (χ0) is 14.5. The van der Waals surface area contributed by atoms with Crippen molar-refractivity contribution in [3.8, 4) is 0 Å². The van der Waals surface area contributed by atoms with E-state index in [1.54, 1.807) is 6.07 Å². The van der Waals surface area contributed by atoms with Crippen molar-refractivity contribution in [3.63, 3.8) is 0 Å². The third-order valence-corrected chi connectivity index (χ3v) is 5.18. The fourth-order valence-corrected chi connectivity index (χ4v) is 3.97. The van der Waals surface area contributed by atoms with Crippen LogP contribution in [0.25, 0.3) is 0 Å². The fourth-order valence-electron chi connectivity index (χ4n) is 3.97. The number of piperidine rings is 1. The zero-order valence-electron chi connectivity index (χ0n) is 12.0. The Bertz CT molecular complexity index is 560. The lowest BCUT2D eigenvalue weighted by molar-refractivity contribution is -0.138. The number of carbonyl (C=O) groups is 1. The Morgan fingerprint density at radius 1 is 1.35 bits per heavy atom. The van der Waals surface area contributed by atoms with Crippen LogP contribution in [-0.2, 0) is 16.6 Å². The number of aryl methyl sites for hydroxylation is 1. The largest absolute Gasteiger partial charge is 0.488 e. The monoisotopic (exact) mass is 273 g/mol. The van der Waals surface area contributed by atoms with Gasteiger partial charge in [0.2, 0.25) is 5.91 Å². The van der Waals surface area contributed by atoms with Crippen molar-refractivity contribution in [1.29, 1.82) is 0 Å². The number of hydrogen-bond donors (Lipinski definition) is 2. The predicted molar refractivity (Wildman–Crippen MR) is 77.7 cm³/mol. The minimum absolute atomic E-state index is 0.0187. The third-order valence-electron chi connectivity index (χ3n) is 5.18. The summed E-state index contributed by atoms with van der Waals surface area (Å²) in [4.78, 5) is 13.8. The summed E-state index contributed by atoms with van der Waals surface area (Å²) in [6.07, 6.45) is 3.28. The smallest absolute Gasteiger partial charge is 0.423 e. The van der Waals surface area contributed by atoms with Crippen molar-refractivity contribution >= 4 is 18.5 Å². The van der Waals surface area contributed by atoms with Crippen molar-refractivity contribution in [3.05, 3.63) is 29.3 Å². The van der Waals surface area contributed by atoms with E-state index in [1.807, 2.05) is 24.1 Å². The molecule has 5 heteroatoms. The maximum Gasteiger partial charge on any atom is 0.488 e. The van der Waals surface area contributed by atoms with Crippen molar-refractivity contribution in [2.24, 2.45) is 0 Å². The minimum Gasteiger partial charge on any atom is -0.423 e. The van der Waals surface area contributed by atoms with E-state index in [0.717, 1.165) is 19.3 Å². The number of likely N-dealkylation sites (N-methyl/N-ethyl adjacent to an activating group) is 1. The Morgan fingerprint density at radius 3 is 2.80 bits per heavy atom. The number of amides is 1. The van der Waals surface area contributed by atoms with Crippen LogP contribution in [0, 0.1) is 0 Å². The van der Waals surface area contributed by atoms with E-state index in [-0.39, 0.29) is 17.4 Å². The first-order chi connectivity index (χ1) is 9.43. The minimum atomic E-state index is -1.42. The summed E-state index contributed by atoms with van der Waals surface area (Å²) in [7, 11) is 0.489. The summed E-state index contributed by atoms with van der Waals surface area (Å²) < 4.78 is 0. The van der Waals surface area contributed by atoms with Gasteiger partial charge in [-0.15, -0.1) is 0 Å². The van der Waals surface area contributed by atoms with Crippen LogP contribution in [-0.4, -0.2) is 41.1 Å². The average Bonchev–Trinajstić information content (AvgIpc) is 2.43. The number of rotatable bonds is 1. The first kappa shape index (κ1) is 13.6. The van der Waals surface area contributed by atoms with E-state index in [1.165, 1.54) is 11.1 Å². The van der Waals surface area contributed by atoms with Crippen LogP contribution in [0.15, 0.2) is 18.2 Å². The van der Waals surface area contributed by atoms with Gasteiger partial charge in [-0.05, 0) is 35.9 Å².